The number of rotatable bonds is 5. The molecule has 1 aliphatic heterocycles. The van der Waals surface area contributed by atoms with E-state index >= 15 is 0 Å². The van der Waals surface area contributed by atoms with Crippen LogP contribution in [0.2, 0.25) is 0 Å². The van der Waals surface area contributed by atoms with E-state index in [-0.39, 0.29) is 0 Å². The van der Waals surface area contributed by atoms with Gasteiger partial charge in [0.1, 0.15) is 0 Å². The van der Waals surface area contributed by atoms with Gasteiger partial charge in [0.2, 0.25) is 0 Å². The topological polar surface area (TPSA) is 21.3 Å². The van der Waals surface area contributed by atoms with Gasteiger partial charge in [-0.3, -0.25) is 0 Å². The molecule has 0 radical (unpaired) electrons. The lowest BCUT2D eigenvalue weighted by Crippen LogP contribution is -2.38. The van der Waals surface area contributed by atoms with E-state index in [1.807, 2.05) is 23.1 Å². The lowest BCUT2D eigenvalue weighted by Gasteiger charge is -2.31. The van der Waals surface area contributed by atoms with Gasteiger partial charge in [0.15, 0.2) is 0 Å². The van der Waals surface area contributed by atoms with Gasteiger partial charge in [0, 0.05) is 16.4 Å². The van der Waals surface area contributed by atoms with Crippen LogP contribution in [0.5, 0.6) is 0 Å². The fraction of sp³-hybridized carbons (Fsp3) is 0.692. The molecule has 2 atom stereocenters. The zero-order valence-electron chi connectivity index (χ0n) is 10.6. The second-order valence-electron chi connectivity index (χ2n) is 4.38. The summed E-state index contributed by atoms with van der Waals surface area (Å²) in [6.07, 6.45) is 1.50. The van der Waals surface area contributed by atoms with Crippen LogP contribution >= 0.6 is 23.1 Å². The molecule has 0 saturated carbocycles. The Labute approximate surface area is 112 Å². The minimum absolute atomic E-state index is 0.331. The first kappa shape index (κ1) is 13.4. The first-order valence-electron chi connectivity index (χ1n) is 6.29. The van der Waals surface area contributed by atoms with E-state index in [0.29, 0.717) is 12.1 Å². The molecule has 1 aromatic heterocycles. The predicted octanol–water partition coefficient (Wildman–Crippen LogP) is 3.23. The molecule has 2 rings (SSSR count). The summed E-state index contributed by atoms with van der Waals surface area (Å²) in [6, 6.07) is 2.58. The number of nitrogens with one attached hydrogen (secondary N) is 1. The van der Waals surface area contributed by atoms with Crippen molar-refractivity contribution in [2.24, 2.45) is 0 Å². The number of ether oxygens (including phenoxy) is 1. The Bertz CT molecular complexity index is 334. The summed E-state index contributed by atoms with van der Waals surface area (Å²) >= 11 is 3.86. The van der Waals surface area contributed by atoms with Gasteiger partial charge in [-0.1, -0.05) is 6.92 Å². The van der Waals surface area contributed by atoms with Crippen molar-refractivity contribution in [1.82, 2.24) is 5.32 Å². The summed E-state index contributed by atoms with van der Waals surface area (Å²) in [6.45, 7) is 6.36. The quantitative estimate of drug-likeness (QED) is 0.888. The Morgan fingerprint density at radius 3 is 3.06 bits per heavy atom. The van der Waals surface area contributed by atoms with Gasteiger partial charge >= 0.3 is 0 Å². The first-order chi connectivity index (χ1) is 8.33. The van der Waals surface area contributed by atoms with Crippen molar-refractivity contribution >= 4 is 23.1 Å². The van der Waals surface area contributed by atoms with Crippen LogP contribution in [0, 0.1) is 6.92 Å². The van der Waals surface area contributed by atoms with Crippen LogP contribution in [0.15, 0.2) is 11.4 Å². The minimum Gasteiger partial charge on any atom is -0.374 e. The van der Waals surface area contributed by atoms with E-state index in [1.54, 1.807) is 0 Å². The number of thiophene rings is 1. The maximum Gasteiger partial charge on any atom is 0.0868 e. The standard InChI is InChI=1S/C13H21NOS2/c1-3-5-14-12(11-9-16-8-6-15-11)13-10(2)4-7-17-13/h4,7,11-12,14H,3,5-6,8-9H2,1-2H3. The zero-order chi connectivity index (χ0) is 12.1. The smallest absolute Gasteiger partial charge is 0.0868 e. The van der Waals surface area contributed by atoms with Crippen LogP contribution in [0.3, 0.4) is 0 Å². The SMILES string of the molecule is CCCNC(c1sccc1C)C1CSCCO1. The van der Waals surface area contributed by atoms with Crippen molar-refractivity contribution in [3.63, 3.8) is 0 Å². The molecule has 1 N–H and O–H groups in total. The molecule has 0 amide bonds. The number of aryl methyl sites for hydroxylation is 1. The average Bonchev–Trinajstić information content (AvgIpc) is 2.78. The Morgan fingerprint density at radius 2 is 2.47 bits per heavy atom. The van der Waals surface area contributed by atoms with E-state index in [2.05, 4.69) is 30.6 Å². The van der Waals surface area contributed by atoms with Crippen LogP contribution in [-0.2, 0) is 4.74 Å². The molecule has 4 heteroatoms. The van der Waals surface area contributed by atoms with E-state index in [0.717, 1.165) is 24.7 Å². The molecule has 2 nitrogen and oxygen atoms in total. The van der Waals surface area contributed by atoms with Gasteiger partial charge in [-0.05, 0) is 36.9 Å². The second-order valence-corrected chi connectivity index (χ2v) is 6.48. The molecule has 2 unspecified atom stereocenters. The summed E-state index contributed by atoms with van der Waals surface area (Å²) in [5.74, 6) is 2.25. The molecule has 1 aliphatic rings. The van der Waals surface area contributed by atoms with Crippen LogP contribution in [0.1, 0.15) is 29.8 Å². The molecule has 0 spiro atoms. The molecule has 0 bridgehead atoms. The van der Waals surface area contributed by atoms with Crippen LogP contribution in [-0.4, -0.2) is 30.8 Å². The molecule has 0 aliphatic carbocycles. The van der Waals surface area contributed by atoms with Gasteiger partial charge in [0.05, 0.1) is 18.8 Å². The highest BCUT2D eigenvalue weighted by molar-refractivity contribution is 7.99. The monoisotopic (exact) mass is 271 g/mol. The largest absolute Gasteiger partial charge is 0.374 e. The normalized spacial score (nSPS) is 22.6. The van der Waals surface area contributed by atoms with Crippen molar-refractivity contribution in [3.05, 3.63) is 21.9 Å². The molecule has 1 saturated heterocycles. The molecular formula is C13H21NOS2. The molecule has 96 valence electrons. The van der Waals surface area contributed by atoms with Crippen molar-refractivity contribution in [3.8, 4) is 0 Å². The van der Waals surface area contributed by atoms with Crippen LogP contribution in [0.4, 0.5) is 0 Å². The minimum atomic E-state index is 0.331. The third kappa shape index (κ3) is 3.47. The van der Waals surface area contributed by atoms with Gasteiger partial charge < -0.3 is 10.1 Å². The number of thioether (sulfide) groups is 1. The summed E-state index contributed by atoms with van der Waals surface area (Å²) in [5, 5.41) is 5.84. The summed E-state index contributed by atoms with van der Waals surface area (Å²) in [4.78, 5) is 1.45. The van der Waals surface area contributed by atoms with E-state index in [9.17, 15) is 0 Å². The highest BCUT2D eigenvalue weighted by atomic mass is 32.2. The summed E-state index contributed by atoms with van der Waals surface area (Å²) < 4.78 is 5.94. The number of hydrogen-bond acceptors (Lipinski definition) is 4. The highest BCUT2D eigenvalue weighted by Gasteiger charge is 2.27. The lowest BCUT2D eigenvalue weighted by atomic mass is 10.1. The average molecular weight is 271 g/mol. The Morgan fingerprint density at radius 1 is 1.59 bits per heavy atom. The van der Waals surface area contributed by atoms with Crippen molar-refractivity contribution < 1.29 is 4.74 Å². The summed E-state index contributed by atoms with van der Waals surface area (Å²) in [5.41, 5.74) is 1.39. The fourth-order valence-corrected chi connectivity index (χ4v) is 4.05. The molecule has 17 heavy (non-hydrogen) atoms. The zero-order valence-corrected chi connectivity index (χ0v) is 12.2. The van der Waals surface area contributed by atoms with Crippen LogP contribution < -0.4 is 5.32 Å². The third-order valence-corrected chi connectivity index (χ3v) is 5.13. The molecule has 1 aromatic rings. The lowest BCUT2D eigenvalue weighted by molar-refractivity contribution is 0.0476. The van der Waals surface area contributed by atoms with Crippen molar-refractivity contribution in [1.29, 1.82) is 0 Å². The Kier molecular flexibility index (Phi) is 5.35. The maximum atomic E-state index is 5.94. The van der Waals surface area contributed by atoms with Gasteiger partial charge in [0.25, 0.3) is 0 Å². The van der Waals surface area contributed by atoms with Crippen molar-refractivity contribution in [2.45, 2.75) is 32.4 Å². The second kappa shape index (κ2) is 6.78. The Hall–Kier alpha value is -0.0300. The van der Waals surface area contributed by atoms with E-state index in [4.69, 9.17) is 4.74 Å². The fourth-order valence-electron chi connectivity index (χ4n) is 2.09. The van der Waals surface area contributed by atoms with E-state index < -0.39 is 0 Å². The third-order valence-electron chi connectivity index (χ3n) is 3.01. The summed E-state index contributed by atoms with van der Waals surface area (Å²) in [7, 11) is 0. The molecule has 2 heterocycles. The van der Waals surface area contributed by atoms with Gasteiger partial charge in [-0.2, -0.15) is 11.8 Å². The van der Waals surface area contributed by atoms with Gasteiger partial charge in [-0.15, -0.1) is 11.3 Å². The van der Waals surface area contributed by atoms with Crippen LogP contribution in [0.25, 0.3) is 0 Å². The first-order valence-corrected chi connectivity index (χ1v) is 8.33. The maximum absolute atomic E-state index is 5.94. The highest BCUT2D eigenvalue weighted by Crippen LogP contribution is 2.31. The van der Waals surface area contributed by atoms with E-state index in [1.165, 1.54) is 16.9 Å². The number of hydrogen-bond donors (Lipinski definition) is 1. The Balaban J connectivity index is 2.09. The molecule has 0 aromatic carbocycles. The van der Waals surface area contributed by atoms with Gasteiger partial charge in [-0.25, -0.2) is 0 Å². The molecular weight excluding hydrogens is 250 g/mol. The predicted molar refractivity (Wildman–Crippen MR) is 77.2 cm³/mol. The van der Waals surface area contributed by atoms with Crippen molar-refractivity contribution in [2.75, 3.05) is 24.7 Å². The molecule has 1 fully saturated rings.